The van der Waals surface area contributed by atoms with E-state index in [1.165, 1.54) is 24.2 Å². The average Bonchev–Trinajstić information content (AvgIpc) is 2.30. The van der Waals surface area contributed by atoms with Gasteiger partial charge in [0.25, 0.3) is 0 Å². The minimum atomic E-state index is 0.390. The Balaban J connectivity index is 2.02. The first-order valence-electron chi connectivity index (χ1n) is 5.85. The zero-order valence-corrected chi connectivity index (χ0v) is 10.5. The van der Waals surface area contributed by atoms with Gasteiger partial charge in [0.05, 0.1) is 7.11 Å². The fourth-order valence-corrected chi connectivity index (χ4v) is 3.60. The van der Waals surface area contributed by atoms with E-state index in [2.05, 4.69) is 12.1 Å². The molecule has 2 atom stereocenters. The predicted octanol–water partition coefficient (Wildman–Crippen LogP) is 3.06. The van der Waals surface area contributed by atoms with Crippen LogP contribution in [-0.4, -0.2) is 18.4 Å². The van der Waals surface area contributed by atoms with Crippen LogP contribution in [0, 0.1) is 0 Å². The molecule has 2 rings (SSSR count). The van der Waals surface area contributed by atoms with Crippen molar-refractivity contribution < 1.29 is 4.74 Å². The van der Waals surface area contributed by atoms with Gasteiger partial charge in [-0.1, -0.05) is 18.6 Å². The number of hydrogen-bond donors (Lipinski definition) is 1. The summed E-state index contributed by atoms with van der Waals surface area (Å²) < 4.78 is 5.36. The molecule has 16 heavy (non-hydrogen) atoms. The molecule has 0 aliphatic heterocycles. The Morgan fingerprint density at radius 2 is 2.12 bits per heavy atom. The summed E-state index contributed by atoms with van der Waals surface area (Å²) in [5.74, 6) is 0.978. The van der Waals surface area contributed by atoms with E-state index in [0.29, 0.717) is 11.3 Å². The van der Waals surface area contributed by atoms with Gasteiger partial charge in [-0.15, -0.1) is 11.8 Å². The smallest absolute Gasteiger partial charge is 0.132 e. The molecule has 3 heteroatoms. The Labute approximate surface area is 102 Å². The third-order valence-electron chi connectivity index (χ3n) is 3.03. The van der Waals surface area contributed by atoms with Gasteiger partial charge in [-0.3, -0.25) is 0 Å². The Kier molecular flexibility index (Phi) is 4.13. The molecule has 88 valence electrons. The molecule has 0 spiro atoms. The molecular weight excluding hydrogens is 218 g/mol. The molecule has 0 saturated heterocycles. The summed E-state index contributed by atoms with van der Waals surface area (Å²) in [4.78, 5) is 1.24. The molecule has 0 bridgehead atoms. The highest BCUT2D eigenvalue weighted by Crippen LogP contribution is 2.37. The van der Waals surface area contributed by atoms with Crippen LogP contribution in [0.1, 0.15) is 25.7 Å². The zero-order chi connectivity index (χ0) is 11.4. The molecule has 0 aromatic heterocycles. The molecule has 1 fully saturated rings. The number of nitrogens with two attached hydrogens (primary N) is 1. The molecule has 1 aromatic carbocycles. The first-order chi connectivity index (χ1) is 7.79. The van der Waals surface area contributed by atoms with E-state index in [4.69, 9.17) is 10.5 Å². The summed E-state index contributed by atoms with van der Waals surface area (Å²) in [5.41, 5.74) is 6.00. The number of para-hydroxylation sites is 1. The van der Waals surface area contributed by atoms with Crippen LogP contribution < -0.4 is 10.5 Å². The number of thioether (sulfide) groups is 1. The molecule has 0 radical (unpaired) electrons. The maximum Gasteiger partial charge on any atom is 0.132 e. The number of hydrogen-bond acceptors (Lipinski definition) is 3. The SMILES string of the molecule is COc1ccccc1SC1CCCC(N)C1. The van der Waals surface area contributed by atoms with Crippen LogP contribution in [0.3, 0.4) is 0 Å². The van der Waals surface area contributed by atoms with E-state index in [1.807, 2.05) is 23.9 Å². The van der Waals surface area contributed by atoms with E-state index in [1.54, 1.807) is 7.11 Å². The van der Waals surface area contributed by atoms with Gasteiger partial charge in [0.1, 0.15) is 5.75 Å². The zero-order valence-electron chi connectivity index (χ0n) is 9.69. The van der Waals surface area contributed by atoms with E-state index >= 15 is 0 Å². The fourth-order valence-electron chi connectivity index (χ4n) is 2.18. The Bertz CT molecular complexity index is 342. The first-order valence-corrected chi connectivity index (χ1v) is 6.73. The second-order valence-electron chi connectivity index (χ2n) is 4.32. The van der Waals surface area contributed by atoms with Gasteiger partial charge in [0, 0.05) is 16.2 Å². The van der Waals surface area contributed by atoms with Gasteiger partial charge in [0.15, 0.2) is 0 Å². The lowest BCUT2D eigenvalue weighted by molar-refractivity contribution is 0.404. The average molecular weight is 237 g/mol. The minimum absolute atomic E-state index is 0.390. The molecular formula is C13H19NOS. The molecule has 1 saturated carbocycles. The highest BCUT2D eigenvalue weighted by molar-refractivity contribution is 8.00. The van der Waals surface area contributed by atoms with Crippen LogP contribution >= 0.6 is 11.8 Å². The number of methoxy groups -OCH3 is 1. The highest BCUT2D eigenvalue weighted by atomic mass is 32.2. The van der Waals surface area contributed by atoms with Crippen molar-refractivity contribution in [2.24, 2.45) is 5.73 Å². The van der Waals surface area contributed by atoms with Gasteiger partial charge in [-0.2, -0.15) is 0 Å². The van der Waals surface area contributed by atoms with Gasteiger partial charge in [-0.05, 0) is 31.4 Å². The van der Waals surface area contributed by atoms with Crippen molar-refractivity contribution in [3.05, 3.63) is 24.3 Å². The van der Waals surface area contributed by atoms with Crippen LogP contribution in [0.5, 0.6) is 5.75 Å². The number of benzene rings is 1. The van der Waals surface area contributed by atoms with Gasteiger partial charge < -0.3 is 10.5 Å². The predicted molar refractivity (Wildman–Crippen MR) is 69.1 cm³/mol. The third kappa shape index (κ3) is 2.92. The van der Waals surface area contributed by atoms with E-state index in [-0.39, 0.29) is 0 Å². The quantitative estimate of drug-likeness (QED) is 0.877. The monoisotopic (exact) mass is 237 g/mol. The Hall–Kier alpha value is -0.670. The second kappa shape index (κ2) is 5.60. The molecule has 2 nitrogen and oxygen atoms in total. The summed E-state index contributed by atoms with van der Waals surface area (Å²) >= 11 is 1.91. The summed E-state index contributed by atoms with van der Waals surface area (Å²) in [6, 6.07) is 8.61. The molecule has 1 aromatic rings. The summed E-state index contributed by atoms with van der Waals surface area (Å²) in [6.45, 7) is 0. The maximum absolute atomic E-state index is 6.00. The molecule has 1 aliphatic carbocycles. The van der Waals surface area contributed by atoms with Crippen molar-refractivity contribution in [2.75, 3.05) is 7.11 Å². The molecule has 0 amide bonds. The van der Waals surface area contributed by atoms with Crippen LogP contribution in [0.25, 0.3) is 0 Å². The third-order valence-corrected chi connectivity index (χ3v) is 4.38. The topological polar surface area (TPSA) is 35.2 Å². The van der Waals surface area contributed by atoms with Crippen molar-refractivity contribution in [1.82, 2.24) is 0 Å². The van der Waals surface area contributed by atoms with Crippen LogP contribution in [0.2, 0.25) is 0 Å². The van der Waals surface area contributed by atoms with Crippen LogP contribution in [0.15, 0.2) is 29.2 Å². The molecule has 0 heterocycles. The lowest BCUT2D eigenvalue weighted by Crippen LogP contribution is -2.29. The summed E-state index contributed by atoms with van der Waals surface area (Å²) in [7, 11) is 1.73. The van der Waals surface area contributed by atoms with Crippen LogP contribution in [0.4, 0.5) is 0 Å². The van der Waals surface area contributed by atoms with Gasteiger partial charge >= 0.3 is 0 Å². The lowest BCUT2D eigenvalue weighted by Gasteiger charge is -2.26. The minimum Gasteiger partial charge on any atom is -0.496 e. The van der Waals surface area contributed by atoms with Crippen molar-refractivity contribution in [1.29, 1.82) is 0 Å². The fraction of sp³-hybridized carbons (Fsp3) is 0.538. The molecule has 2 N–H and O–H groups in total. The van der Waals surface area contributed by atoms with E-state index < -0.39 is 0 Å². The van der Waals surface area contributed by atoms with Crippen molar-refractivity contribution >= 4 is 11.8 Å². The lowest BCUT2D eigenvalue weighted by atomic mass is 9.96. The highest BCUT2D eigenvalue weighted by Gasteiger charge is 2.20. The molecule has 2 unspecified atom stereocenters. The maximum atomic E-state index is 6.00. The van der Waals surface area contributed by atoms with Crippen molar-refractivity contribution in [3.8, 4) is 5.75 Å². The largest absolute Gasteiger partial charge is 0.496 e. The van der Waals surface area contributed by atoms with Crippen molar-refractivity contribution in [2.45, 2.75) is 41.9 Å². The summed E-state index contributed by atoms with van der Waals surface area (Å²) in [6.07, 6.45) is 4.84. The van der Waals surface area contributed by atoms with E-state index in [0.717, 1.165) is 12.2 Å². The van der Waals surface area contributed by atoms with Gasteiger partial charge in [-0.25, -0.2) is 0 Å². The second-order valence-corrected chi connectivity index (χ2v) is 5.66. The van der Waals surface area contributed by atoms with Crippen LogP contribution in [-0.2, 0) is 0 Å². The number of rotatable bonds is 3. The normalized spacial score (nSPS) is 25.4. The van der Waals surface area contributed by atoms with Gasteiger partial charge in [0.2, 0.25) is 0 Å². The molecule has 1 aliphatic rings. The Morgan fingerprint density at radius 3 is 2.88 bits per heavy atom. The standard InChI is InChI=1S/C13H19NOS/c1-15-12-7-2-3-8-13(12)16-11-6-4-5-10(14)9-11/h2-3,7-8,10-11H,4-6,9,14H2,1H3. The van der Waals surface area contributed by atoms with Crippen molar-refractivity contribution in [3.63, 3.8) is 0 Å². The number of ether oxygens (including phenoxy) is 1. The summed E-state index contributed by atoms with van der Waals surface area (Å²) in [5, 5.41) is 0.653. The van der Waals surface area contributed by atoms with E-state index in [9.17, 15) is 0 Å². The first kappa shape index (κ1) is 11.8. The Morgan fingerprint density at radius 1 is 1.31 bits per heavy atom.